The zero-order chi connectivity index (χ0) is 14.3. The van der Waals surface area contributed by atoms with Gasteiger partial charge in [0.2, 0.25) is 0 Å². The Balaban J connectivity index is 2.79. The number of nitrogens with two attached hydrogens (primary N) is 1. The van der Waals surface area contributed by atoms with Gasteiger partial charge in [0.25, 0.3) is 0 Å². The van der Waals surface area contributed by atoms with Gasteiger partial charge in [-0.25, -0.2) is 0 Å². The highest BCUT2D eigenvalue weighted by atomic mass is 16.3. The Labute approximate surface area is 117 Å². The van der Waals surface area contributed by atoms with E-state index in [0.29, 0.717) is 6.54 Å². The van der Waals surface area contributed by atoms with Gasteiger partial charge in [-0.1, -0.05) is 44.2 Å². The Morgan fingerprint density at radius 3 is 2.37 bits per heavy atom. The molecular formula is C16H28N2O. The average Bonchev–Trinajstić information content (AvgIpc) is 2.46. The highest BCUT2D eigenvalue weighted by Crippen LogP contribution is 2.19. The van der Waals surface area contributed by atoms with Crippen LogP contribution in [0, 0.1) is 5.92 Å². The number of hydrogen-bond donors (Lipinski definition) is 3. The van der Waals surface area contributed by atoms with Crippen molar-refractivity contribution in [1.82, 2.24) is 5.32 Å². The summed E-state index contributed by atoms with van der Waals surface area (Å²) in [6.45, 7) is 7.13. The number of rotatable bonds is 8. The first kappa shape index (κ1) is 16.2. The smallest absolute Gasteiger partial charge is 0.0471 e. The molecule has 0 heterocycles. The second-order valence-electron chi connectivity index (χ2n) is 5.59. The van der Waals surface area contributed by atoms with Crippen molar-refractivity contribution in [3.05, 3.63) is 35.9 Å². The van der Waals surface area contributed by atoms with Gasteiger partial charge >= 0.3 is 0 Å². The molecule has 108 valence electrons. The Morgan fingerprint density at radius 2 is 1.89 bits per heavy atom. The van der Waals surface area contributed by atoms with E-state index in [1.807, 2.05) is 6.07 Å². The quantitative estimate of drug-likeness (QED) is 0.672. The molecule has 3 nitrogen and oxygen atoms in total. The van der Waals surface area contributed by atoms with Crippen molar-refractivity contribution in [2.45, 2.75) is 45.2 Å². The summed E-state index contributed by atoms with van der Waals surface area (Å²) in [4.78, 5) is 0. The number of aliphatic hydroxyl groups excluding tert-OH is 1. The van der Waals surface area contributed by atoms with Crippen LogP contribution in [0.2, 0.25) is 0 Å². The molecule has 3 heteroatoms. The Bertz CT molecular complexity index is 349. The maximum absolute atomic E-state index is 9.27. The number of aliphatic hydroxyl groups is 1. The first-order valence-electron chi connectivity index (χ1n) is 7.19. The molecule has 1 aromatic rings. The molecule has 0 aliphatic carbocycles. The van der Waals surface area contributed by atoms with E-state index in [1.54, 1.807) is 0 Å². The standard InChI is InChI=1S/C16H28N2O/c1-4-16(12-17,18-14(3)13(2)11-19)10-15-8-6-5-7-9-15/h5-9,13-14,18-19H,4,10-12,17H2,1-3H3. The predicted molar refractivity (Wildman–Crippen MR) is 81.1 cm³/mol. The minimum Gasteiger partial charge on any atom is -0.396 e. The van der Waals surface area contributed by atoms with Crippen molar-refractivity contribution in [2.75, 3.05) is 13.2 Å². The molecule has 0 bridgehead atoms. The van der Waals surface area contributed by atoms with Crippen LogP contribution < -0.4 is 11.1 Å². The molecule has 0 aliphatic rings. The SMILES string of the molecule is CCC(CN)(Cc1ccccc1)NC(C)C(C)CO. The molecule has 0 saturated heterocycles. The molecular weight excluding hydrogens is 236 g/mol. The highest BCUT2D eigenvalue weighted by Gasteiger charge is 2.29. The summed E-state index contributed by atoms with van der Waals surface area (Å²) < 4.78 is 0. The van der Waals surface area contributed by atoms with Crippen LogP contribution in [-0.2, 0) is 6.42 Å². The van der Waals surface area contributed by atoms with Crippen molar-refractivity contribution in [1.29, 1.82) is 0 Å². The van der Waals surface area contributed by atoms with Crippen LogP contribution in [0.25, 0.3) is 0 Å². The molecule has 0 fully saturated rings. The van der Waals surface area contributed by atoms with Gasteiger partial charge in [-0.3, -0.25) is 0 Å². The van der Waals surface area contributed by atoms with E-state index < -0.39 is 0 Å². The minimum atomic E-state index is -0.0931. The Morgan fingerprint density at radius 1 is 1.26 bits per heavy atom. The monoisotopic (exact) mass is 264 g/mol. The molecule has 3 atom stereocenters. The van der Waals surface area contributed by atoms with Crippen LogP contribution in [0.1, 0.15) is 32.8 Å². The maximum Gasteiger partial charge on any atom is 0.0471 e. The van der Waals surface area contributed by atoms with Crippen molar-refractivity contribution >= 4 is 0 Å². The lowest BCUT2D eigenvalue weighted by Crippen LogP contribution is -2.57. The van der Waals surface area contributed by atoms with Crippen LogP contribution in [0.3, 0.4) is 0 Å². The van der Waals surface area contributed by atoms with E-state index in [9.17, 15) is 5.11 Å². The van der Waals surface area contributed by atoms with Gasteiger partial charge in [0.15, 0.2) is 0 Å². The normalized spacial score (nSPS) is 17.7. The fourth-order valence-corrected chi connectivity index (χ4v) is 2.32. The maximum atomic E-state index is 9.27. The third-order valence-corrected chi connectivity index (χ3v) is 4.13. The van der Waals surface area contributed by atoms with Crippen LogP contribution in [0.15, 0.2) is 30.3 Å². The lowest BCUT2D eigenvalue weighted by molar-refractivity contribution is 0.177. The molecule has 1 rings (SSSR count). The molecule has 0 amide bonds. The molecule has 0 aromatic heterocycles. The lowest BCUT2D eigenvalue weighted by atomic mass is 9.86. The predicted octanol–water partition coefficient (Wildman–Crippen LogP) is 1.94. The van der Waals surface area contributed by atoms with Crippen LogP contribution >= 0.6 is 0 Å². The highest BCUT2D eigenvalue weighted by molar-refractivity contribution is 5.18. The van der Waals surface area contributed by atoms with E-state index in [0.717, 1.165) is 12.8 Å². The zero-order valence-electron chi connectivity index (χ0n) is 12.4. The summed E-state index contributed by atoms with van der Waals surface area (Å²) in [5.41, 5.74) is 7.24. The molecule has 4 N–H and O–H groups in total. The molecule has 0 saturated carbocycles. The summed E-state index contributed by atoms with van der Waals surface area (Å²) in [6.07, 6.45) is 1.89. The molecule has 0 radical (unpaired) electrons. The van der Waals surface area contributed by atoms with Crippen LogP contribution in [-0.4, -0.2) is 29.8 Å². The summed E-state index contributed by atoms with van der Waals surface area (Å²) >= 11 is 0. The largest absolute Gasteiger partial charge is 0.396 e. The van der Waals surface area contributed by atoms with Gasteiger partial charge in [-0.2, -0.15) is 0 Å². The fourth-order valence-electron chi connectivity index (χ4n) is 2.32. The van der Waals surface area contributed by atoms with Gasteiger partial charge in [0.1, 0.15) is 0 Å². The van der Waals surface area contributed by atoms with Crippen molar-refractivity contribution in [3.63, 3.8) is 0 Å². The fraction of sp³-hybridized carbons (Fsp3) is 0.625. The first-order valence-corrected chi connectivity index (χ1v) is 7.19. The zero-order valence-corrected chi connectivity index (χ0v) is 12.4. The first-order chi connectivity index (χ1) is 9.06. The topological polar surface area (TPSA) is 58.3 Å². The number of hydrogen-bond acceptors (Lipinski definition) is 3. The van der Waals surface area contributed by atoms with Crippen LogP contribution in [0.4, 0.5) is 0 Å². The van der Waals surface area contributed by atoms with Crippen molar-refractivity contribution in [2.24, 2.45) is 11.7 Å². The van der Waals surface area contributed by atoms with Crippen LogP contribution in [0.5, 0.6) is 0 Å². The molecule has 1 aromatic carbocycles. The van der Waals surface area contributed by atoms with Crippen molar-refractivity contribution < 1.29 is 5.11 Å². The molecule has 19 heavy (non-hydrogen) atoms. The van der Waals surface area contributed by atoms with E-state index in [4.69, 9.17) is 5.73 Å². The lowest BCUT2D eigenvalue weighted by Gasteiger charge is -2.37. The summed E-state index contributed by atoms with van der Waals surface area (Å²) in [5, 5.41) is 12.9. The van der Waals surface area contributed by atoms with Gasteiger partial charge in [0.05, 0.1) is 0 Å². The Hall–Kier alpha value is -0.900. The van der Waals surface area contributed by atoms with E-state index in [-0.39, 0.29) is 24.1 Å². The second-order valence-corrected chi connectivity index (χ2v) is 5.59. The van der Waals surface area contributed by atoms with Gasteiger partial charge in [0, 0.05) is 24.7 Å². The van der Waals surface area contributed by atoms with E-state index >= 15 is 0 Å². The third kappa shape index (κ3) is 4.60. The average molecular weight is 264 g/mol. The Kier molecular flexibility index (Phi) is 6.49. The molecule has 3 unspecified atom stereocenters. The number of nitrogens with one attached hydrogen (secondary N) is 1. The van der Waals surface area contributed by atoms with E-state index in [2.05, 4.69) is 50.4 Å². The molecule has 0 aliphatic heterocycles. The summed E-state index contributed by atoms with van der Waals surface area (Å²) in [6, 6.07) is 10.7. The third-order valence-electron chi connectivity index (χ3n) is 4.13. The van der Waals surface area contributed by atoms with Crippen molar-refractivity contribution in [3.8, 4) is 0 Å². The second kappa shape index (κ2) is 7.63. The van der Waals surface area contributed by atoms with Gasteiger partial charge in [-0.15, -0.1) is 0 Å². The van der Waals surface area contributed by atoms with Gasteiger partial charge < -0.3 is 16.2 Å². The van der Waals surface area contributed by atoms with Gasteiger partial charge in [-0.05, 0) is 31.2 Å². The minimum absolute atomic E-state index is 0.0931. The summed E-state index contributed by atoms with van der Waals surface area (Å²) in [7, 11) is 0. The molecule has 0 spiro atoms. The number of benzene rings is 1. The summed E-state index contributed by atoms with van der Waals surface area (Å²) in [5.74, 6) is 0.230. The van der Waals surface area contributed by atoms with E-state index in [1.165, 1.54) is 5.56 Å².